The van der Waals surface area contributed by atoms with Crippen molar-refractivity contribution in [3.63, 3.8) is 0 Å². The number of likely N-dealkylation sites (tertiary alicyclic amines) is 1. The van der Waals surface area contributed by atoms with Crippen molar-refractivity contribution in [2.75, 3.05) is 19.6 Å². The highest BCUT2D eigenvalue weighted by atomic mass is 19.4. The molecule has 0 aliphatic carbocycles. The summed E-state index contributed by atoms with van der Waals surface area (Å²) in [6.07, 6.45) is 0.836. The molecule has 1 unspecified atom stereocenters. The van der Waals surface area contributed by atoms with Crippen LogP contribution in [-0.4, -0.2) is 46.7 Å². The molecule has 1 atom stereocenters. The van der Waals surface area contributed by atoms with E-state index in [9.17, 15) is 13.2 Å². The predicted molar refractivity (Wildman–Crippen MR) is 65.7 cm³/mol. The van der Waals surface area contributed by atoms with Gasteiger partial charge in [0.1, 0.15) is 5.82 Å². The largest absolute Gasteiger partial charge is 0.401 e. The summed E-state index contributed by atoms with van der Waals surface area (Å²) in [4.78, 5) is 8.67. The number of aromatic nitrogens is 2. The van der Waals surface area contributed by atoms with E-state index in [2.05, 4.69) is 15.3 Å². The van der Waals surface area contributed by atoms with E-state index < -0.39 is 12.7 Å². The lowest BCUT2D eigenvalue weighted by Crippen LogP contribution is -2.46. The topological polar surface area (TPSA) is 44.0 Å². The van der Waals surface area contributed by atoms with Crippen LogP contribution < -0.4 is 5.32 Å². The van der Waals surface area contributed by atoms with Crippen LogP contribution in [0.1, 0.15) is 31.6 Å². The first-order valence-electron chi connectivity index (χ1n) is 6.48. The number of hydrogen-bond acceptors (Lipinski definition) is 3. The van der Waals surface area contributed by atoms with Crippen LogP contribution in [0.15, 0.2) is 12.4 Å². The Kier molecular flexibility index (Phi) is 4.46. The van der Waals surface area contributed by atoms with Crippen molar-refractivity contribution in [2.45, 2.75) is 38.0 Å². The van der Waals surface area contributed by atoms with Crippen molar-refractivity contribution < 1.29 is 13.2 Å². The first-order valence-corrected chi connectivity index (χ1v) is 6.48. The van der Waals surface area contributed by atoms with Crippen LogP contribution in [0.3, 0.4) is 0 Å². The fourth-order valence-corrected chi connectivity index (χ4v) is 2.46. The molecule has 0 aromatic carbocycles. The fourth-order valence-electron chi connectivity index (χ4n) is 2.46. The molecule has 0 saturated carbocycles. The van der Waals surface area contributed by atoms with Gasteiger partial charge in [-0.25, -0.2) is 4.98 Å². The number of imidazole rings is 1. The molecule has 7 heteroatoms. The third-order valence-corrected chi connectivity index (χ3v) is 3.41. The van der Waals surface area contributed by atoms with Crippen LogP contribution in [-0.2, 0) is 0 Å². The van der Waals surface area contributed by atoms with Gasteiger partial charge in [0.25, 0.3) is 0 Å². The van der Waals surface area contributed by atoms with Gasteiger partial charge in [-0.3, -0.25) is 4.90 Å². The second kappa shape index (κ2) is 5.92. The van der Waals surface area contributed by atoms with Crippen molar-refractivity contribution in [2.24, 2.45) is 0 Å². The number of piperidine rings is 1. The van der Waals surface area contributed by atoms with Crippen LogP contribution in [0, 0.1) is 0 Å². The van der Waals surface area contributed by atoms with Crippen molar-refractivity contribution in [3.8, 4) is 0 Å². The number of rotatable bonds is 4. The first-order chi connectivity index (χ1) is 8.94. The summed E-state index contributed by atoms with van der Waals surface area (Å²) in [5.41, 5.74) is 0. The summed E-state index contributed by atoms with van der Waals surface area (Å²) in [6.45, 7) is 2.18. The van der Waals surface area contributed by atoms with Crippen molar-refractivity contribution in [1.82, 2.24) is 20.2 Å². The van der Waals surface area contributed by atoms with Crippen molar-refractivity contribution in [1.29, 1.82) is 0 Å². The second-order valence-electron chi connectivity index (χ2n) is 5.03. The Balaban J connectivity index is 1.74. The second-order valence-corrected chi connectivity index (χ2v) is 5.03. The molecule has 2 heterocycles. The summed E-state index contributed by atoms with van der Waals surface area (Å²) in [5, 5.41) is 3.40. The molecule has 1 aliphatic rings. The SMILES string of the molecule is CC(NC1CCN(CC(F)(F)F)CC1)c1ncc[nH]1. The maximum atomic E-state index is 12.3. The molecule has 19 heavy (non-hydrogen) atoms. The van der Waals surface area contributed by atoms with Gasteiger partial charge >= 0.3 is 6.18 Å². The Morgan fingerprint density at radius 2 is 2.16 bits per heavy atom. The average Bonchev–Trinajstić information content (AvgIpc) is 2.83. The Labute approximate surface area is 110 Å². The van der Waals surface area contributed by atoms with E-state index in [4.69, 9.17) is 0 Å². The molecule has 4 nitrogen and oxygen atoms in total. The molecular weight excluding hydrogens is 257 g/mol. The minimum absolute atomic E-state index is 0.0918. The van der Waals surface area contributed by atoms with Crippen LogP contribution in [0.5, 0.6) is 0 Å². The van der Waals surface area contributed by atoms with E-state index in [-0.39, 0.29) is 12.1 Å². The Morgan fingerprint density at radius 1 is 1.47 bits per heavy atom. The van der Waals surface area contributed by atoms with Gasteiger partial charge in [-0.05, 0) is 32.9 Å². The van der Waals surface area contributed by atoms with E-state index in [0.717, 1.165) is 18.7 Å². The molecule has 0 radical (unpaired) electrons. The highest BCUT2D eigenvalue weighted by Crippen LogP contribution is 2.20. The lowest BCUT2D eigenvalue weighted by Gasteiger charge is -2.33. The van der Waals surface area contributed by atoms with Gasteiger partial charge in [-0.2, -0.15) is 13.2 Å². The fraction of sp³-hybridized carbons (Fsp3) is 0.750. The van der Waals surface area contributed by atoms with E-state index in [1.165, 1.54) is 4.90 Å². The quantitative estimate of drug-likeness (QED) is 0.885. The molecule has 1 aromatic rings. The Morgan fingerprint density at radius 3 is 2.68 bits per heavy atom. The summed E-state index contributed by atoms with van der Waals surface area (Å²) >= 11 is 0. The number of H-pyrrole nitrogens is 1. The van der Waals surface area contributed by atoms with E-state index in [1.807, 2.05) is 6.92 Å². The minimum Gasteiger partial charge on any atom is -0.347 e. The Bertz CT molecular complexity index is 369. The molecule has 1 saturated heterocycles. The zero-order valence-corrected chi connectivity index (χ0v) is 10.9. The molecule has 0 amide bonds. The molecule has 1 aliphatic heterocycles. The molecular formula is C12H19F3N4. The third-order valence-electron chi connectivity index (χ3n) is 3.41. The normalized spacial score (nSPS) is 20.6. The van der Waals surface area contributed by atoms with E-state index >= 15 is 0 Å². The smallest absolute Gasteiger partial charge is 0.347 e. The van der Waals surface area contributed by atoms with Gasteiger partial charge in [-0.15, -0.1) is 0 Å². The molecule has 0 bridgehead atoms. The predicted octanol–water partition coefficient (Wildman–Crippen LogP) is 2.09. The van der Waals surface area contributed by atoms with Gasteiger partial charge in [0.15, 0.2) is 0 Å². The molecule has 2 N–H and O–H groups in total. The zero-order chi connectivity index (χ0) is 13.9. The first kappa shape index (κ1) is 14.3. The average molecular weight is 276 g/mol. The number of alkyl halides is 3. The number of hydrogen-bond donors (Lipinski definition) is 2. The zero-order valence-electron chi connectivity index (χ0n) is 10.9. The molecule has 2 rings (SSSR count). The van der Waals surface area contributed by atoms with Crippen LogP contribution >= 0.6 is 0 Å². The van der Waals surface area contributed by atoms with Crippen LogP contribution in [0.25, 0.3) is 0 Å². The summed E-state index contributed by atoms with van der Waals surface area (Å²) in [5.74, 6) is 0.859. The van der Waals surface area contributed by atoms with E-state index in [0.29, 0.717) is 13.1 Å². The highest BCUT2D eigenvalue weighted by Gasteiger charge is 2.32. The van der Waals surface area contributed by atoms with Gasteiger partial charge in [0.2, 0.25) is 0 Å². The molecule has 1 fully saturated rings. The number of nitrogens with zero attached hydrogens (tertiary/aromatic N) is 2. The maximum Gasteiger partial charge on any atom is 0.401 e. The lowest BCUT2D eigenvalue weighted by molar-refractivity contribution is -0.148. The standard InChI is InChI=1S/C12H19F3N4/c1-9(11-16-4-5-17-11)18-10-2-6-19(7-3-10)8-12(13,14)15/h4-5,9-10,18H,2-3,6-8H2,1H3,(H,16,17). The van der Waals surface area contributed by atoms with Crippen LogP contribution in [0.2, 0.25) is 0 Å². The number of halogens is 3. The maximum absolute atomic E-state index is 12.3. The third kappa shape index (κ3) is 4.50. The van der Waals surface area contributed by atoms with Gasteiger partial charge in [0.05, 0.1) is 12.6 Å². The Hall–Kier alpha value is -1.08. The van der Waals surface area contributed by atoms with Gasteiger partial charge in [-0.1, -0.05) is 0 Å². The van der Waals surface area contributed by atoms with Crippen molar-refractivity contribution >= 4 is 0 Å². The minimum atomic E-state index is -4.10. The number of nitrogens with one attached hydrogen (secondary N) is 2. The summed E-state index contributed by atoms with van der Waals surface area (Å²) in [6, 6.07) is 0.346. The summed E-state index contributed by atoms with van der Waals surface area (Å²) in [7, 11) is 0. The summed E-state index contributed by atoms with van der Waals surface area (Å²) < 4.78 is 36.8. The van der Waals surface area contributed by atoms with Crippen molar-refractivity contribution in [3.05, 3.63) is 18.2 Å². The number of aromatic amines is 1. The molecule has 0 spiro atoms. The lowest BCUT2D eigenvalue weighted by atomic mass is 10.0. The molecule has 108 valence electrons. The van der Waals surface area contributed by atoms with E-state index in [1.54, 1.807) is 12.4 Å². The van der Waals surface area contributed by atoms with Gasteiger partial charge < -0.3 is 10.3 Å². The highest BCUT2D eigenvalue weighted by molar-refractivity contribution is 4.95. The molecule has 1 aromatic heterocycles. The van der Waals surface area contributed by atoms with Gasteiger partial charge in [0, 0.05) is 18.4 Å². The van der Waals surface area contributed by atoms with Crippen LogP contribution in [0.4, 0.5) is 13.2 Å². The monoisotopic (exact) mass is 276 g/mol.